The van der Waals surface area contributed by atoms with Gasteiger partial charge in [0.15, 0.2) is 0 Å². The highest BCUT2D eigenvalue weighted by Crippen LogP contribution is 2.22. The van der Waals surface area contributed by atoms with Gasteiger partial charge in [0, 0.05) is 17.2 Å². The van der Waals surface area contributed by atoms with Gasteiger partial charge in [0.05, 0.1) is 4.90 Å². The summed E-state index contributed by atoms with van der Waals surface area (Å²) in [7, 11) is -3.70. The fraction of sp³-hybridized carbons (Fsp3) is 0.125. The van der Waals surface area contributed by atoms with Crippen LogP contribution in [0.5, 0.6) is 0 Å². The number of aromatic nitrogens is 3. The molecule has 0 aliphatic rings. The van der Waals surface area contributed by atoms with Gasteiger partial charge in [0.1, 0.15) is 0 Å². The minimum atomic E-state index is -3.70. The molecule has 1 heterocycles. The summed E-state index contributed by atoms with van der Waals surface area (Å²) in [5, 5.41) is 6.94. The van der Waals surface area contributed by atoms with Gasteiger partial charge in [-0.05, 0) is 29.8 Å². The molecule has 0 radical (unpaired) electrons. The highest BCUT2D eigenvalue weighted by atomic mass is 32.2. The third-order valence-corrected chi connectivity index (χ3v) is 4.26. The average Bonchev–Trinajstić information content (AvgIpc) is 2.73. The highest BCUT2D eigenvalue weighted by Gasteiger charge is 2.19. The van der Waals surface area contributed by atoms with Crippen LogP contribution in [0.2, 0.25) is 0 Å². The van der Waals surface area contributed by atoms with Crippen LogP contribution in [-0.4, -0.2) is 23.2 Å². The Morgan fingerprint density at radius 3 is 2.82 bits per heavy atom. The molecule has 0 amide bonds. The highest BCUT2D eigenvalue weighted by molar-refractivity contribution is 7.93. The molecule has 0 aliphatic carbocycles. The maximum atomic E-state index is 12.0. The van der Waals surface area contributed by atoms with Crippen LogP contribution in [0.15, 0.2) is 23.1 Å². The second-order valence-corrected chi connectivity index (χ2v) is 5.63. The second kappa shape index (κ2) is 4.26. The van der Waals surface area contributed by atoms with Crippen molar-refractivity contribution >= 4 is 32.4 Å². The number of nitrogens with two attached hydrogens (primary N) is 1. The molecule has 0 fully saturated rings. The van der Waals surface area contributed by atoms with Crippen LogP contribution in [0.4, 0.5) is 10.8 Å². The van der Waals surface area contributed by atoms with E-state index in [-0.39, 0.29) is 10.0 Å². The molecule has 2 rings (SSSR count). The summed E-state index contributed by atoms with van der Waals surface area (Å²) in [5.74, 6) is 0. The van der Waals surface area contributed by atoms with Crippen molar-refractivity contribution in [1.29, 1.82) is 0 Å². The Morgan fingerprint density at radius 2 is 2.18 bits per heavy atom. The van der Waals surface area contributed by atoms with E-state index in [9.17, 15) is 8.42 Å². The minimum Gasteiger partial charge on any atom is -0.398 e. The first-order chi connectivity index (χ1) is 8.00. The van der Waals surface area contributed by atoms with Crippen molar-refractivity contribution in [2.45, 2.75) is 11.8 Å². The fourth-order valence-electron chi connectivity index (χ4n) is 1.27. The molecule has 0 saturated carbocycles. The van der Waals surface area contributed by atoms with Gasteiger partial charge in [-0.25, -0.2) is 8.42 Å². The molecule has 0 unspecified atom stereocenters. The van der Waals surface area contributed by atoms with Crippen molar-refractivity contribution in [3.8, 4) is 0 Å². The van der Waals surface area contributed by atoms with Crippen LogP contribution in [0, 0.1) is 6.92 Å². The summed E-state index contributed by atoms with van der Waals surface area (Å²) in [6.45, 7) is 1.64. The molecule has 0 aliphatic heterocycles. The van der Waals surface area contributed by atoms with E-state index < -0.39 is 10.0 Å². The molecule has 17 heavy (non-hydrogen) atoms. The molecule has 90 valence electrons. The SMILES string of the molecule is Cc1c(N)cccc1S(=O)(=O)Nc1nnns1. The van der Waals surface area contributed by atoms with Gasteiger partial charge in [-0.15, -0.1) is 0 Å². The van der Waals surface area contributed by atoms with Crippen LogP contribution in [0.25, 0.3) is 0 Å². The molecule has 1 aromatic carbocycles. The number of nitrogens with one attached hydrogen (secondary N) is 1. The molecule has 9 heteroatoms. The number of rotatable bonds is 3. The zero-order valence-electron chi connectivity index (χ0n) is 8.78. The van der Waals surface area contributed by atoms with E-state index in [4.69, 9.17) is 5.73 Å². The first-order valence-corrected chi connectivity index (χ1v) is 6.79. The lowest BCUT2D eigenvalue weighted by molar-refractivity contribution is 0.600. The monoisotopic (exact) mass is 271 g/mol. The van der Waals surface area contributed by atoms with Crippen molar-refractivity contribution in [2.24, 2.45) is 0 Å². The molecule has 1 aromatic heterocycles. The number of hydrogen-bond donors (Lipinski definition) is 2. The van der Waals surface area contributed by atoms with Crippen LogP contribution >= 0.6 is 11.5 Å². The van der Waals surface area contributed by atoms with Crippen molar-refractivity contribution < 1.29 is 8.42 Å². The van der Waals surface area contributed by atoms with E-state index in [0.29, 0.717) is 11.3 Å². The molecule has 3 N–H and O–H groups in total. The first-order valence-electron chi connectivity index (χ1n) is 4.53. The number of sulfonamides is 1. The van der Waals surface area contributed by atoms with Crippen molar-refractivity contribution in [3.05, 3.63) is 23.8 Å². The van der Waals surface area contributed by atoms with Crippen LogP contribution in [-0.2, 0) is 10.0 Å². The number of hydrogen-bond acceptors (Lipinski definition) is 7. The third kappa shape index (κ3) is 2.34. The van der Waals surface area contributed by atoms with Crippen molar-refractivity contribution in [3.63, 3.8) is 0 Å². The summed E-state index contributed by atoms with van der Waals surface area (Å²) in [6, 6.07) is 4.69. The van der Waals surface area contributed by atoms with Gasteiger partial charge in [-0.1, -0.05) is 15.7 Å². The van der Waals surface area contributed by atoms with E-state index in [1.807, 2.05) is 0 Å². The van der Waals surface area contributed by atoms with Gasteiger partial charge in [-0.3, -0.25) is 4.72 Å². The van der Waals surface area contributed by atoms with Crippen molar-refractivity contribution in [2.75, 3.05) is 10.5 Å². The van der Waals surface area contributed by atoms with Gasteiger partial charge < -0.3 is 5.73 Å². The Labute approximate surface area is 102 Å². The van der Waals surface area contributed by atoms with E-state index >= 15 is 0 Å². The lowest BCUT2D eigenvalue weighted by Gasteiger charge is -2.09. The van der Waals surface area contributed by atoms with Gasteiger partial charge in [-0.2, -0.15) is 0 Å². The molecular formula is C8H9N5O2S2. The Balaban J connectivity index is 2.42. The Kier molecular flexibility index (Phi) is 2.94. The predicted octanol–water partition coefficient (Wildman–Crippen LogP) is 0.625. The van der Waals surface area contributed by atoms with Crippen LogP contribution in [0.1, 0.15) is 5.56 Å². The van der Waals surface area contributed by atoms with E-state index in [0.717, 1.165) is 11.5 Å². The van der Waals surface area contributed by atoms with Gasteiger partial charge >= 0.3 is 0 Å². The van der Waals surface area contributed by atoms with Crippen molar-refractivity contribution in [1.82, 2.24) is 14.8 Å². The normalized spacial score (nSPS) is 11.4. The number of nitrogens with zero attached hydrogens (tertiary/aromatic N) is 3. The maximum Gasteiger partial charge on any atom is 0.264 e. The lowest BCUT2D eigenvalue weighted by Crippen LogP contribution is -2.14. The van der Waals surface area contributed by atoms with Crippen LogP contribution < -0.4 is 10.5 Å². The second-order valence-electron chi connectivity index (χ2n) is 3.24. The third-order valence-electron chi connectivity index (χ3n) is 2.14. The molecule has 0 bridgehead atoms. The van der Waals surface area contributed by atoms with Gasteiger partial charge in [0.2, 0.25) is 5.13 Å². The number of anilines is 2. The zero-order chi connectivity index (χ0) is 12.5. The fourth-order valence-corrected chi connectivity index (χ4v) is 3.13. The molecule has 0 spiro atoms. The van der Waals surface area contributed by atoms with E-state index in [1.54, 1.807) is 19.1 Å². The molecule has 7 nitrogen and oxygen atoms in total. The predicted molar refractivity (Wildman–Crippen MR) is 64.1 cm³/mol. The lowest BCUT2D eigenvalue weighted by atomic mass is 10.2. The Hall–Kier alpha value is -1.74. The first kappa shape index (κ1) is 11.7. The molecular weight excluding hydrogens is 262 g/mol. The van der Waals surface area contributed by atoms with Gasteiger partial charge in [0.25, 0.3) is 10.0 Å². The molecule has 0 saturated heterocycles. The summed E-state index contributed by atoms with van der Waals surface area (Å²) < 4.78 is 29.8. The standard InChI is InChI=1S/C8H9N5O2S2/c1-5-6(9)3-2-4-7(5)17(14,15)11-8-10-12-13-16-8/h2-4H,9H2,1H3,(H,10,11,13). The molecule has 2 aromatic rings. The number of benzene rings is 1. The number of nitrogen functional groups attached to an aromatic ring is 1. The topological polar surface area (TPSA) is 111 Å². The summed E-state index contributed by atoms with van der Waals surface area (Å²) in [6.07, 6.45) is 0. The maximum absolute atomic E-state index is 12.0. The minimum absolute atomic E-state index is 0.117. The Bertz CT molecular complexity index is 623. The summed E-state index contributed by atoms with van der Waals surface area (Å²) in [5.41, 5.74) is 6.58. The summed E-state index contributed by atoms with van der Waals surface area (Å²) >= 11 is 0.861. The quantitative estimate of drug-likeness (QED) is 0.792. The average molecular weight is 271 g/mol. The Morgan fingerprint density at radius 1 is 1.41 bits per heavy atom. The largest absolute Gasteiger partial charge is 0.398 e. The zero-order valence-corrected chi connectivity index (χ0v) is 10.4. The van der Waals surface area contributed by atoms with Crippen LogP contribution in [0.3, 0.4) is 0 Å². The molecule has 0 atom stereocenters. The smallest absolute Gasteiger partial charge is 0.264 e. The van der Waals surface area contributed by atoms with E-state index in [1.165, 1.54) is 6.07 Å². The summed E-state index contributed by atoms with van der Waals surface area (Å²) in [4.78, 5) is 0.118. The van der Waals surface area contributed by atoms with E-state index in [2.05, 4.69) is 19.5 Å².